The predicted octanol–water partition coefficient (Wildman–Crippen LogP) is 1.35. The van der Waals surface area contributed by atoms with Gasteiger partial charge in [0.15, 0.2) is 6.10 Å². The fraction of sp³-hybridized carbons (Fsp3) is 0.615. The van der Waals surface area contributed by atoms with Gasteiger partial charge < -0.3 is 9.84 Å². The van der Waals surface area contributed by atoms with Crippen molar-refractivity contribution in [3.63, 3.8) is 0 Å². The van der Waals surface area contributed by atoms with Crippen LogP contribution in [-0.2, 0) is 19.6 Å². The van der Waals surface area contributed by atoms with E-state index in [0.717, 1.165) is 17.7 Å². The molecule has 0 spiro atoms. The van der Waals surface area contributed by atoms with Crippen molar-refractivity contribution in [2.45, 2.75) is 29.1 Å². The molecular formula is C13H17NO5S2. The van der Waals surface area contributed by atoms with Gasteiger partial charge in [-0.15, -0.1) is 11.3 Å². The maximum atomic E-state index is 12.4. The van der Waals surface area contributed by atoms with Gasteiger partial charge >= 0.3 is 5.97 Å². The lowest BCUT2D eigenvalue weighted by Crippen LogP contribution is -2.56. The fourth-order valence-electron chi connectivity index (χ4n) is 2.54. The van der Waals surface area contributed by atoms with Crippen molar-refractivity contribution in [3.05, 3.63) is 17.0 Å². The lowest BCUT2D eigenvalue weighted by atomic mass is 9.96. The third-order valence-corrected chi connectivity index (χ3v) is 7.52. The number of carbonyl (C=O) groups is 1. The molecular weight excluding hydrogens is 314 g/mol. The van der Waals surface area contributed by atoms with E-state index in [4.69, 9.17) is 9.84 Å². The number of nitrogens with zero attached hydrogens (tertiary/aromatic N) is 1. The lowest BCUT2D eigenvalue weighted by molar-refractivity contribution is -0.154. The molecule has 1 aromatic rings. The van der Waals surface area contributed by atoms with Gasteiger partial charge in [0.1, 0.15) is 4.21 Å². The third kappa shape index (κ3) is 2.73. The van der Waals surface area contributed by atoms with Crippen LogP contribution < -0.4 is 0 Å². The average molecular weight is 331 g/mol. The van der Waals surface area contributed by atoms with Crippen LogP contribution in [0.3, 0.4) is 0 Å². The normalized spacial score (nSPS) is 22.0. The highest BCUT2D eigenvalue weighted by Gasteiger charge is 2.44. The number of methoxy groups -OCH3 is 1. The van der Waals surface area contributed by atoms with Crippen LogP contribution >= 0.6 is 11.3 Å². The van der Waals surface area contributed by atoms with Gasteiger partial charge in [0.25, 0.3) is 10.0 Å². The van der Waals surface area contributed by atoms with Crippen LogP contribution in [0, 0.1) is 5.92 Å². The second-order valence-corrected chi connectivity index (χ2v) is 8.79. The number of sulfonamides is 1. The van der Waals surface area contributed by atoms with E-state index < -0.39 is 22.1 Å². The van der Waals surface area contributed by atoms with E-state index in [2.05, 4.69) is 0 Å². The Morgan fingerprint density at radius 1 is 1.43 bits per heavy atom. The molecule has 0 bridgehead atoms. The minimum Gasteiger partial charge on any atom is -0.479 e. The summed E-state index contributed by atoms with van der Waals surface area (Å²) in [5, 5.41) is 9.00. The molecule has 6 nitrogen and oxygen atoms in total. The van der Waals surface area contributed by atoms with E-state index in [1.54, 1.807) is 6.07 Å². The highest BCUT2D eigenvalue weighted by molar-refractivity contribution is 7.91. The van der Waals surface area contributed by atoms with E-state index >= 15 is 0 Å². The molecule has 3 rings (SSSR count). The Labute approximate surface area is 127 Å². The van der Waals surface area contributed by atoms with E-state index in [1.807, 2.05) is 6.07 Å². The van der Waals surface area contributed by atoms with Crippen LogP contribution in [0.1, 0.15) is 23.6 Å². The van der Waals surface area contributed by atoms with Crippen LogP contribution in [0.15, 0.2) is 16.3 Å². The summed E-state index contributed by atoms with van der Waals surface area (Å²) >= 11 is 1.33. The van der Waals surface area contributed by atoms with Gasteiger partial charge in [0, 0.05) is 31.0 Å². The number of ether oxygens (including phenoxy) is 1. The molecule has 1 atom stereocenters. The Morgan fingerprint density at radius 2 is 2.10 bits per heavy atom. The number of carboxylic acid groups (broad SMARTS) is 1. The van der Waals surface area contributed by atoms with Crippen LogP contribution in [0.2, 0.25) is 0 Å². The Morgan fingerprint density at radius 3 is 2.62 bits per heavy atom. The Kier molecular flexibility index (Phi) is 3.81. The largest absolute Gasteiger partial charge is 0.479 e. The van der Waals surface area contributed by atoms with E-state index in [1.165, 1.54) is 22.8 Å². The maximum absolute atomic E-state index is 12.4. The molecule has 1 unspecified atom stereocenters. The van der Waals surface area contributed by atoms with Crippen LogP contribution in [-0.4, -0.2) is 50.1 Å². The molecule has 116 valence electrons. The molecule has 8 heteroatoms. The zero-order chi connectivity index (χ0) is 15.2. The topological polar surface area (TPSA) is 83.9 Å². The molecule has 1 aromatic heterocycles. The van der Waals surface area contributed by atoms with Crippen molar-refractivity contribution in [3.8, 4) is 0 Å². The van der Waals surface area contributed by atoms with Gasteiger partial charge in [-0.05, 0) is 30.9 Å². The summed E-state index contributed by atoms with van der Waals surface area (Å²) in [6.45, 7) is 0.396. The minimum absolute atomic E-state index is 0.198. The molecule has 2 aliphatic rings. The van der Waals surface area contributed by atoms with Crippen LogP contribution in [0.4, 0.5) is 0 Å². The molecule has 1 aliphatic carbocycles. The summed E-state index contributed by atoms with van der Waals surface area (Å²) in [5.41, 5.74) is 0. The number of thiophene rings is 1. The first-order chi connectivity index (χ1) is 9.93. The lowest BCUT2D eigenvalue weighted by Gasteiger charge is -2.39. The highest BCUT2D eigenvalue weighted by atomic mass is 32.2. The van der Waals surface area contributed by atoms with Crippen LogP contribution in [0.5, 0.6) is 0 Å². The van der Waals surface area contributed by atoms with Crippen LogP contribution in [0.25, 0.3) is 0 Å². The second-order valence-electron chi connectivity index (χ2n) is 5.51. The molecule has 2 heterocycles. The smallest absolute Gasteiger partial charge is 0.333 e. The van der Waals surface area contributed by atoms with Gasteiger partial charge in [0.2, 0.25) is 0 Å². The minimum atomic E-state index is -3.48. The molecule has 21 heavy (non-hydrogen) atoms. The van der Waals surface area contributed by atoms with Gasteiger partial charge in [-0.25, -0.2) is 13.2 Å². The van der Waals surface area contributed by atoms with E-state index in [-0.39, 0.29) is 19.0 Å². The monoisotopic (exact) mass is 331 g/mol. The Hall–Kier alpha value is -0.960. The first-order valence-corrected chi connectivity index (χ1v) is 9.04. The Bertz CT molecular complexity index is 643. The molecule has 1 aliphatic heterocycles. The van der Waals surface area contributed by atoms with Crippen molar-refractivity contribution >= 4 is 27.3 Å². The van der Waals surface area contributed by atoms with Gasteiger partial charge in [-0.3, -0.25) is 0 Å². The molecule has 1 N–H and O–H groups in total. The predicted molar refractivity (Wildman–Crippen MR) is 77.0 cm³/mol. The fourth-order valence-corrected chi connectivity index (χ4v) is 5.74. The first kappa shape index (κ1) is 15.0. The number of hydrogen-bond donors (Lipinski definition) is 1. The van der Waals surface area contributed by atoms with Crippen molar-refractivity contribution in [2.24, 2.45) is 5.92 Å². The van der Waals surface area contributed by atoms with E-state index in [0.29, 0.717) is 10.1 Å². The summed E-state index contributed by atoms with van der Waals surface area (Å²) in [6.07, 6.45) is 1.33. The molecule has 1 saturated carbocycles. The number of carboxylic acids is 1. The summed E-state index contributed by atoms with van der Waals surface area (Å²) in [6, 6.07) is 3.55. The second kappa shape index (κ2) is 5.35. The third-order valence-electron chi connectivity index (χ3n) is 3.98. The molecule has 0 amide bonds. The zero-order valence-electron chi connectivity index (χ0n) is 11.6. The summed E-state index contributed by atoms with van der Waals surface area (Å²) in [5.74, 6) is -0.801. The first-order valence-electron chi connectivity index (χ1n) is 6.79. The Balaban J connectivity index is 1.68. The van der Waals surface area contributed by atoms with Crippen molar-refractivity contribution in [1.82, 2.24) is 4.31 Å². The van der Waals surface area contributed by atoms with Crippen molar-refractivity contribution in [1.29, 1.82) is 0 Å². The number of aliphatic carboxylic acids is 1. The van der Waals surface area contributed by atoms with Gasteiger partial charge in [-0.1, -0.05) is 0 Å². The SMILES string of the molecule is COC(C(=O)O)C1CN(S(=O)(=O)c2ccc(C3CC3)s2)C1. The number of rotatable bonds is 6. The maximum Gasteiger partial charge on any atom is 0.333 e. The molecule has 0 radical (unpaired) electrons. The quantitative estimate of drug-likeness (QED) is 0.850. The standard InChI is InChI=1S/C13H17NO5S2/c1-19-12(13(15)16)9-6-14(7-9)21(17,18)11-5-4-10(20-11)8-2-3-8/h4-5,8-9,12H,2-3,6-7H2,1H3,(H,15,16). The van der Waals surface area contributed by atoms with Crippen molar-refractivity contribution in [2.75, 3.05) is 20.2 Å². The molecule has 2 fully saturated rings. The average Bonchev–Trinajstić information content (AvgIpc) is 3.09. The molecule has 0 aromatic carbocycles. The van der Waals surface area contributed by atoms with Crippen molar-refractivity contribution < 1.29 is 23.1 Å². The van der Waals surface area contributed by atoms with Gasteiger partial charge in [-0.2, -0.15) is 4.31 Å². The van der Waals surface area contributed by atoms with Gasteiger partial charge in [0.05, 0.1) is 0 Å². The summed E-state index contributed by atoms with van der Waals surface area (Å²) in [4.78, 5) is 12.1. The van der Waals surface area contributed by atoms with E-state index in [9.17, 15) is 13.2 Å². The zero-order valence-corrected chi connectivity index (χ0v) is 13.2. The highest BCUT2D eigenvalue weighted by Crippen LogP contribution is 2.44. The number of hydrogen-bond acceptors (Lipinski definition) is 5. The summed E-state index contributed by atoms with van der Waals surface area (Å²) < 4.78 is 31.5. The molecule has 1 saturated heterocycles. The summed E-state index contributed by atoms with van der Waals surface area (Å²) in [7, 11) is -2.15.